The zero-order valence-corrected chi connectivity index (χ0v) is 15.9. The number of aliphatic hydroxyl groups is 1. The SMILES string of the molecule is CC(C)C(=O)N1CCCc2cc([C@@H](O)CN3CCC[C@@H](C)C3)ccc21. The number of hydrogen-bond donors (Lipinski definition) is 1. The van der Waals surface area contributed by atoms with Gasteiger partial charge in [0.2, 0.25) is 5.91 Å². The van der Waals surface area contributed by atoms with Crippen LogP contribution in [-0.4, -0.2) is 42.1 Å². The molecule has 0 saturated carbocycles. The number of anilines is 1. The van der Waals surface area contributed by atoms with Crippen molar-refractivity contribution in [2.75, 3.05) is 31.1 Å². The van der Waals surface area contributed by atoms with Gasteiger partial charge in [-0.15, -0.1) is 0 Å². The fraction of sp³-hybridized carbons (Fsp3) is 0.667. The minimum Gasteiger partial charge on any atom is -0.387 e. The number of likely N-dealkylation sites (tertiary alicyclic amines) is 1. The lowest BCUT2D eigenvalue weighted by Crippen LogP contribution is -2.38. The van der Waals surface area contributed by atoms with E-state index in [4.69, 9.17) is 0 Å². The van der Waals surface area contributed by atoms with E-state index in [-0.39, 0.29) is 11.8 Å². The summed E-state index contributed by atoms with van der Waals surface area (Å²) in [5.74, 6) is 0.925. The number of piperidine rings is 1. The van der Waals surface area contributed by atoms with Gasteiger partial charge in [0.25, 0.3) is 0 Å². The first-order valence-electron chi connectivity index (χ1n) is 9.80. The zero-order valence-electron chi connectivity index (χ0n) is 15.9. The molecule has 0 aromatic heterocycles. The van der Waals surface area contributed by atoms with Crippen LogP contribution in [0.2, 0.25) is 0 Å². The van der Waals surface area contributed by atoms with Gasteiger partial charge in [-0.05, 0) is 55.3 Å². The summed E-state index contributed by atoms with van der Waals surface area (Å²) < 4.78 is 0. The highest BCUT2D eigenvalue weighted by Crippen LogP contribution is 2.31. The number of amides is 1. The van der Waals surface area contributed by atoms with Gasteiger partial charge in [0.15, 0.2) is 0 Å². The number of aliphatic hydroxyl groups excluding tert-OH is 1. The Morgan fingerprint density at radius 2 is 2.08 bits per heavy atom. The number of benzene rings is 1. The first-order chi connectivity index (χ1) is 12.0. The minimum atomic E-state index is -0.452. The van der Waals surface area contributed by atoms with Crippen LogP contribution in [0.25, 0.3) is 0 Å². The molecule has 0 bridgehead atoms. The maximum atomic E-state index is 12.4. The van der Waals surface area contributed by atoms with Crippen LogP contribution in [0.4, 0.5) is 5.69 Å². The molecule has 2 aliphatic rings. The van der Waals surface area contributed by atoms with E-state index in [1.54, 1.807) is 0 Å². The first kappa shape index (κ1) is 18.4. The van der Waals surface area contributed by atoms with Gasteiger partial charge in [-0.25, -0.2) is 0 Å². The second-order valence-corrected chi connectivity index (χ2v) is 8.16. The summed E-state index contributed by atoms with van der Waals surface area (Å²) in [4.78, 5) is 16.7. The third-order valence-electron chi connectivity index (χ3n) is 5.54. The molecule has 2 heterocycles. The molecule has 0 spiro atoms. The molecule has 0 radical (unpaired) electrons. The summed E-state index contributed by atoms with van der Waals surface area (Å²) in [6, 6.07) is 6.15. The van der Waals surface area contributed by atoms with Crippen LogP contribution < -0.4 is 4.90 Å². The van der Waals surface area contributed by atoms with Gasteiger partial charge in [0, 0.05) is 31.2 Å². The van der Waals surface area contributed by atoms with Crippen LogP contribution in [0.3, 0.4) is 0 Å². The van der Waals surface area contributed by atoms with Crippen molar-refractivity contribution in [2.24, 2.45) is 11.8 Å². The number of rotatable bonds is 4. The molecule has 2 aliphatic heterocycles. The Bertz CT molecular complexity index is 614. The Morgan fingerprint density at radius 1 is 1.28 bits per heavy atom. The molecule has 2 atom stereocenters. The van der Waals surface area contributed by atoms with Crippen molar-refractivity contribution in [3.63, 3.8) is 0 Å². The molecule has 3 rings (SSSR count). The molecular formula is C21H32N2O2. The van der Waals surface area contributed by atoms with E-state index < -0.39 is 6.10 Å². The molecule has 1 N–H and O–H groups in total. The number of β-amino-alcohol motifs (C(OH)–C–C–N with tert-alkyl or cyclic N) is 1. The molecule has 4 nitrogen and oxygen atoms in total. The fourth-order valence-corrected chi connectivity index (χ4v) is 4.17. The standard InChI is InChI=1S/C21H32N2O2/c1-15(2)21(25)23-11-5-7-17-12-18(8-9-19(17)23)20(24)14-22-10-4-6-16(3)13-22/h8-9,12,15-16,20,24H,4-7,10-11,13-14H2,1-3H3/t16-,20+/m1/s1. The molecule has 1 saturated heterocycles. The number of fused-ring (bicyclic) bond motifs is 1. The van der Waals surface area contributed by atoms with E-state index in [2.05, 4.69) is 17.9 Å². The molecule has 25 heavy (non-hydrogen) atoms. The Labute approximate surface area is 151 Å². The number of aryl methyl sites for hydroxylation is 1. The van der Waals surface area contributed by atoms with E-state index in [1.807, 2.05) is 30.9 Å². The van der Waals surface area contributed by atoms with Crippen LogP contribution in [0.1, 0.15) is 57.3 Å². The lowest BCUT2D eigenvalue weighted by atomic mass is 9.95. The third-order valence-corrected chi connectivity index (χ3v) is 5.54. The molecular weight excluding hydrogens is 312 g/mol. The predicted octanol–water partition coefficient (Wildman–Crippen LogP) is 3.39. The molecule has 0 unspecified atom stereocenters. The monoisotopic (exact) mass is 344 g/mol. The molecule has 1 fully saturated rings. The van der Waals surface area contributed by atoms with Gasteiger partial charge in [0.1, 0.15) is 0 Å². The quantitative estimate of drug-likeness (QED) is 0.910. The minimum absolute atomic E-state index is 0.0114. The first-order valence-corrected chi connectivity index (χ1v) is 9.80. The van der Waals surface area contributed by atoms with E-state index in [1.165, 1.54) is 18.4 Å². The van der Waals surface area contributed by atoms with E-state index >= 15 is 0 Å². The van der Waals surface area contributed by atoms with Crippen molar-refractivity contribution in [3.8, 4) is 0 Å². The number of nitrogens with zero attached hydrogens (tertiary/aromatic N) is 2. The average molecular weight is 344 g/mol. The third kappa shape index (κ3) is 4.24. The number of carbonyl (C=O) groups excluding carboxylic acids is 1. The van der Waals surface area contributed by atoms with Crippen molar-refractivity contribution in [3.05, 3.63) is 29.3 Å². The highest BCUT2D eigenvalue weighted by Gasteiger charge is 2.26. The van der Waals surface area contributed by atoms with Crippen LogP contribution >= 0.6 is 0 Å². The van der Waals surface area contributed by atoms with Crippen LogP contribution in [-0.2, 0) is 11.2 Å². The van der Waals surface area contributed by atoms with Crippen molar-refractivity contribution in [1.29, 1.82) is 0 Å². The summed E-state index contributed by atoms with van der Waals surface area (Å²) in [5, 5.41) is 10.7. The molecule has 1 amide bonds. The van der Waals surface area contributed by atoms with Gasteiger partial charge in [-0.3, -0.25) is 4.79 Å². The number of hydrogen-bond acceptors (Lipinski definition) is 3. The summed E-state index contributed by atoms with van der Waals surface area (Å²) in [6.07, 6.45) is 4.05. The molecule has 1 aromatic rings. The Hall–Kier alpha value is -1.39. The van der Waals surface area contributed by atoms with Crippen LogP contribution in [0.15, 0.2) is 18.2 Å². The maximum Gasteiger partial charge on any atom is 0.229 e. The number of carbonyl (C=O) groups is 1. The van der Waals surface area contributed by atoms with Gasteiger partial charge >= 0.3 is 0 Å². The molecule has 4 heteroatoms. The van der Waals surface area contributed by atoms with Crippen molar-refractivity contribution in [1.82, 2.24) is 4.90 Å². The Morgan fingerprint density at radius 3 is 2.80 bits per heavy atom. The summed E-state index contributed by atoms with van der Waals surface area (Å²) in [7, 11) is 0. The van der Waals surface area contributed by atoms with Crippen molar-refractivity contribution in [2.45, 2.75) is 52.6 Å². The lowest BCUT2D eigenvalue weighted by Gasteiger charge is -2.33. The van der Waals surface area contributed by atoms with E-state index in [0.717, 1.165) is 49.6 Å². The maximum absolute atomic E-state index is 12.4. The fourth-order valence-electron chi connectivity index (χ4n) is 4.17. The van der Waals surface area contributed by atoms with Gasteiger partial charge in [0.05, 0.1) is 6.10 Å². The summed E-state index contributed by atoms with van der Waals surface area (Å²) in [6.45, 7) is 9.87. The van der Waals surface area contributed by atoms with Gasteiger partial charge < -0.3 is 14.9 Å². The Balaban J connectivity index is 1.73. The second-order valence-electron chi connectivity index (χ2n) is 8.16. The van der Waals surface area contributed by atoms with Crippen LogP contribution in [0, 0.1) is 11.8 Å². The smallest absolute Gasteiger partial charge is 0.229 e. The average Bonchev–Trinajstić information content (AvgIpc) is 2.60. The highest BCUT2D eigenvalue weighted by molar-refractivity contribution is 5.95. The topological polar surface area (TPSA) is 43.8 Å². The summed E-state index contributed by atoms with van der Waals surface area (Å²) in [5.41, 5.74) is 3.21. The van der Waals surface area contributed by atoms with Crippen molar-refractivity contribution >= 4 is 11.6 Å². The predicted molar refractivity (Wildman–Crippen MR) is 102 cm³/mol. The van der Waals surface area contributed by atoms with Gasteiger partial charge in [-0.2, -0.15) is 0 Å². The largest absolute Gasteiger partial charge is 0.387 e. The summed E-state index contributed by atoms with van der Waals surface area (Å²) >= 11 is 0. The van der Waals surface area contributed by atoms with Crippen molar-refractivity contribution < 1.29 is 9.90 Å². The molecule has 1 aromatic carbocycles. The second kappa shape index (κ2) is 7.88. The normalized spacial score (nSPS) is 22.8. The lowest BCUT2D eigenvalue weighted by molar-refractivity contribution is -0.121. The van der Waals surface area contributed by atoms with E-state index in [0.29, 0.717) is 6.54 Å². The zero-order chi connectivity index (χ0) is 18.0. The van der Waals surface area contributed by atoms with Gasteiger partial charge in [-0.1, -0.05) is 32.9 Å². The molecule has 0 aliphatic carbocycles. The van der Waals surface area contributed by atoms with E-state index in [9.17, 15) is 9.90 Å². The molecule has 138 valence electrons. The van der Waals surface area contributed by atoms with Crippen LogP contribution in [0.5, 0.6) is 0 Å². The Kier molecular flexibility index (Phi) is 5.80. The highest BCUT2D eigenvalue weighted by atomic mass is 16.3.